The molecule has 0 aliphatic rings. The van der Waals surface area contributed by atoms with Gasteiger partial charge in [0, 0.05) is 18.4 Å². The average molecular weight is 208 g/mol. The van der Waals surface area contributed by atoms with Crippen molar-refractivity contribution in [3.63, 3.8) is 0 Å². The number of amides is 1. The van der Waals surface area contributed by atoms with Crippen LogP contribution in [0, 0.1) is 0 Å². The van der Waals surface area contributed by atoms with E-state index >= 15 is 0 Å². The van der Waals surface area contributed by atoms with Crippen molar-refractivity contribution < 1.29 is 9.53 Å². The summed E-state index contributed by atoms with van der Waals surface area (Å²) in [7, 11) is 1.65. The molecule has 1 amide bonds. The number of benzene rings is 1. The molecule has 0 fully saturated rings. The minimum atomic E-state index is -0.379. The first kappa shape index (κ1) is 11.4. The normalized spacial score (nSPS) is 10.1. The van der Waals surface area contributed by atoms with Crippen LogP contribution in [0.1, 0.15) is 13.8 Å². The molecule has 1 aromatic carbocycles. The average Bonchev–Trinajstić information content (AvgIpc) is 2.15. The lowest BCUT2D eigenvalue weighted by atomic mass is 10.3. The number of rotatable bonds is 2. The Balaban J connectivity index is 2.76. The van der Waals surface area contributed by atoms with E-state index in [9.17, 15) is 4.79 Å². The van der Waals surface area contributed by atoms with Crippen molar-refractivity contribution >= 4 is 17.5 Å². The van der Waals surface area contributed by atoms with Gasteiger partial charge < -0.3 is 10.5 Å². The Morgan fingerprint density at radius 2 is 2.13 bits per heavy atom. The molecule has 0 saturated heterocycles. The number of ether oxygens (including phenoxy) is 1. The standard InChI is InChI=1S/C11H16N2O2/c1-8(2)15-11(14)13(3)10-6-4-5-9(12)7-10/h4-8H,12H2,1-3H3. The number of nitrogen functional groups attached to an aromatic ring is 1. The lowest BCUT2D eigenvalue weighted by Gasteiger charge is -2.18. The summed E-state index contributed by atoms with van der Waals surface area (Å²) >= 11 is 0. The fourth-order valence-corrected chi connectivity index (χ4v) is 1.12. The second-order valence-corrected chi connectivity index (χ2v) is 3.59. The summed E-state index contributed by atoms with van der Waals surface area (Å²) < 4.78 is 5.05. The SMILES string of the molecule is CC(C)OC(=O)N(C)c1cccc(N)c1. The number of hydrogen-bond donors (Lipinski definition) is 1. The van der Waals surface area contributed by atoms with Crippen LogP contribution >= 0.6 is 0 Å². The van der Waals surface area contributed by atoms with E-state index in [-0.39, 0.29) is 12.2 Å². The minimum absolute atomic E-state index is 0.124. The summed E-state index contributed by atoms with van der Waals surface area (Å²) in [6, 6.07) is 7.09. The van der Waals surface area contributed by atoms with Crippen LogP contribution < -0.4 is 10.6 Å². The molecular weight excluding hydrogens is 192 g/mol. The van der Waals surface area contributed by atoms with Crippen molar-refractivity contribution in [2.45, 2.75) is 20.0 Å². The van der Waals surface area contributed by atoms with Gasteiger partial charge in [-0.25, -0.2) is 4.79 Å². The molecule has 15 heavy (non-hydrogen) atoms. The van der Waals surface area contributed by atoms with Crippen molar-refractivity contribution in [1.82, 2.24) is 0 Å². The van der Waals surface area contributed by atoms with Crippen LogP contribution in [0.15, 0.2) is 24.3 Å². The molecule has 0 spiro atoms. The summed E-state index contributed by atoms with van der Waals surface area (Å²) in [5.74, 6) is 0. The summed E-state index contributed by atoms with van der Waals surface area (Å²) in [6.45, 7) is 3.62. The predicted molar refractivity (Wildman–Crippen MR) is 60.9 cm³/mol. The largest absolute Gasteiger partial charge is 0.446 e. The fourth-order valence-electron chi connectivity index (χ4n) is 1.12. The fraction of sp³-hybridized carbons (Fsp3) is 0.364. The molecule has 0 bridgehead atoms. The van der Waals surface area contributed by atoms with Gasteiger partial charge in [0.05, 0.1) is 6.10 Å². The van der Waals surface area contributed by atoms with Crippen LogP contribution in [0.4, 0.5) is 16.2 Å². The van der Waals surface area contributed by atoms with Gasteiger partial charge in [0.2, 0.25) is 0 Å². The quantitative estimate of drug-likeness (QED) is 0.758. The van der Waals surface area contributed by atoms with Gasteiger partial charge in [0.1, 0.15) is 0 Å². The van der Waals surface area contributed by atoms with Crippen molar-refractivity contribution in [2.75, 3.05) is 17.7 Å². The molecule has 2 N–H and O–H groups in total. The third-order valence-electron chi connectivity index (χ3n) is 1.87. The molecule has 82 valence electrons. The van der Waals surface area contributed by atoms with Crippen LogP contribution in [0.3, 0.4) is 0 Å². The molecule has 0 saturated carbocycles. The lowest BCUT2D eigenvalue weighted by molar-refractivity contribution is 0.124. The molecular formula is C11H16N2O2. The van der Waals surface area contributed by atoms with Gasteiger partial charge in [0.15, 0.2) is 0 Å². The Kier molecular flexibility index (Phi) is 3.55. The number of nitrogens with zero attached hydrogens (tertiary/aromatic N) is 1. The number of nitrogens with two attached hydrogens (primary N) is 1. The highest BCUT2D eigenvalue weighted by atomic mass is 16.6. The van der Waals surface area contributed by atoms with Crippen molar-refractivity contribution in [2.24, 2.45) is 0 Å². The highest BCUT2D eigenvalue weighted by Crippen LogP contribution is 2.16. The molecule has 0 atom stereocenters. The Bertz CT molecular complexity index is 350. The van der Waals surface area contributed by atoms with Gasteiger partial charge in [-0.1, -0.05) is 6.07 Å². The van der Waals surface area contributed by atoms with Gasteiger partial charge in [-0.3, -0.25) is 4.90 Å². The molecule has 4 nitrogen and oxygen atoms in total. The van der Waals surface area contributed by atoms with E-state index in [0.29, 0.717) is 5.69 Å². The summed E-state index contributed by atoms with van der Waals surface area (Å²) in [5, 5.41) is 0. The predicted octanol–water partition coefficient (Wildman–Crippen LogP) is 2.25. The van der Waals surface area contributed by atoms with E-state index in [4.69, 9.17) is 10.5 Å². The smallest absolute Gasteiger partial charge is 0.414 e. The summed E-state index contributed by atoms with van der Waals surface area (Å²) in [4.78, 5) is 13.0. The topological polar surface area (TPSA) is 55.6 Å². The first-order valence-electron chi connectivity index (χ1n) is 4.80. The maximum atomic E-state index is 11.5. The van der Waals surface area contributed by atoms with E-state index in [1.807, 2.05) is 13.8 Å². The van der Waals surface area contributed by atoms with E-state index < -0.39 is 0 Å². The molecule has 0 unspecified atom stereocenters. The highest BCUT2D eigenvalue weighted by molar-refractivity contribution is 5.87. The van der Waals surface area contributed by atoms with Crippen LogP contribution in [-0.4, -0.2) is 19.2 Å². The molecule has 0 aliphatic heterocycles. The Morgan fingerprint density at radius 3 is 2.67 bits per heavy atom. The van der Waals surface area contributed by atoms with E-state index in [2.05, 4.69) is 0 Å². The Labute approximate surface area is 89.6 Å². The number of carbonyl (C=O) groups is 1. The number of carbonyl (C=O) groups excluding carboxylic acids is 1. The van der Waals surface area contributed by atoms with Crippen molar-refractivity contribution in [3.8, 4) is 0 Å². The van der Waals surface area contributed by atoms with Gasteiger partial charge in [-0.2, -0.15) is 0 Å². The van der Waals surface area contributed by atoms with Crippen molar-refractivity contribution in [1.29, 1.82) is 0 Å². The van der Waals surface area contributed by atoms with E-state index in [0.717, 1.165) is 5.69 Å². The third kappa shape index (κ3) is 3.16. The summed E-state index contributed by atoms with van der Waals surface area (Å²) in [5.41, 5.74) is 6.96. The Hall–Kier alpha value is -1.71. The molecule has 0 aromatic heterocycles. The summed E-state index contributed by atoms with van der Waals surface area (Å²) in [6.07, 6.45) is -0.503. The Morgan fingerprint density at radius 1 is 1.47 bits per heavy atom. The van der Waals surface area contributed by atoms with Crippen LogP contribution in [0.25, 0.3) is 0 Å². The van der Waals surface area contributed by atoms with Gasteiger partial charge in [0.25, 0.3) is 0 Å². The van der Waals surface area contributed by atoms with Gasteiger partial charge >= 0.3 is 6.09 Å². The molecule has 0 heterocycles. The second-order valence-electron chi connectivity index (χ2n) is 3.59. The maximum Gasteiger partial charge on any atom is 0.414 e. The zero-order chi connectivity index (χ0) is 11.4. The molecule has 0 radical (unpaired) electrons. The van der Waals surface area contributed by atoms with Gasteiger partial charge in [-0.15, -0.1) is 0 Å². The van der Waals surface area contributed by atoms with Crippen LogP contribution in [0.5, 0.6) is 0 Å². The van der Waals surface area contributed by atoms with Crippen LogP contribution in [0.2, 0.25) is 0 Å². The third-order valence-corrected chi connectivity index (χ3v) is 1.87. The minimum Gasteiger partial charge on any atom is -0.446 e. The molecule has 1 rings (SSSR count). The zero-order valence-corrected chi connectivity index (χ0v) is 9.23. The van der Waals surface area contributed by atoms with Gasteiger partial charge in [-0.05, 0) is 32.0 Å². The molecule has 1 aromatic rings. The molecule has 0 aliphatic carbocycles. The van der Waals surface area contributed by atoms with Crippen molar-refractivity contribution in [3.05, 3.63) is 24.3 Å². The van der Waals surface area contributed by atoms with Crippen LogP contribution in [-0.2, 0) is 4.74 Å². The monoisotopic (exact) mass is 208 g/mol. The van der Waals surface area contributed by atoms with E-state index in [1.165, 1.54) is 4.90 Å². The first-order valence-corrected chi connectivity index (χ1v) is 4.80. The maximum absolute atomic E-state index is 11.5. The zero-order valence-electron chi connectivity index (χ0n) is 9.23. The highest BCUT2D eigenvalue weighted by Gasteiger charge is 2.13. The molecule has 4 heteroatoms. The number of hydrogen-bond acceptors (Lipinski definition) is 3. The first-order chi connectivity index (χ1) is 7.00. The second kappa shape index (κ2) is 4.68. The van der Waals surface area contributed by atoms with E-state index in [1.54, 1.807) is 31.3 Å². The lowest BCUT2D eigenvalue weighted by Crippen LogP contribution is -2.29. The number of anilines is 2.